The Bertz CT molecular complexity index is 394. The second-order valence-corrected chi connectivity index (χ2v) is 3.83. The summed E-state index contributed by atoms with van der Waals surface area (Å²) < 4.78 is 0. The average molecular weight is 252 g/mol. The highest BCUT2D eigenvalue weighted by atomic mass is 16.5. The molecule has 0 aliphatic heterocycles. The SMILES string of the molecule is O=C(O)C(NNO)C(=O)CCCc1ccccc1. The van der Waals surface area contributed by atoms with E-state index in [2.05, 4.69) is 0 Å². The highest BCUT2D eigenvalue weighted by Gasteiger charge is 2.24. The molecule has 6 heteroatoms. The van der Waals surface area contributed by atoms with Gasteiger partial charge in [-0.2, -0.15) is 0 Å². The van der Waals surface area contributed by atoms with E-state index in [1.807, 2.05) is 35.8 Å². The molecule has 0 radical (unpaired) electrons. The number of carbonyl (C=O) groups excluding carboxylic acids is 1. The van der Waals surface area contributed by atoms with Crippen LogP contribution in [0.4, 0.5) is 0 Å². The Hall–Kier alpha value is -1.76. The number of carboxylic acids is 1. The number of Topliss-reactive ketones (excluding diaryl/α,β-unsaturated/α-hetero) is 1. The number of aliphatic carboxylic acids is 1. The summed E-state index contributed by atoms with van der Waals surface area (Å²) in [4.78, 5) is 22.3. The van der Waals surface area contributed by atoms with Gasteiger partial charge >= 0.3 is 5.97 Å². The normalized spacial score (nSPS) is 12.1. The summed E-state index contributed by atoms with van der Waals surface area (Å²) in [6.45, 7) is 0. The largest absolute Gasteiger partial charge is 0.480 e. The maximum atomic E-state index is 11.6. The monoisotopic (exact) mass is 252 g/mol. The van der Waals surface area contributed by atoms with Crippen molar-refractivity contribution in [2.75, 3.05) is 0 Å². The van der Waals surface area contributed by atoms with Gasteiger partial charge in [0.25, 0.3) is 0 Å². The van der Waals surface area contributed by atoms with Crippen LogP contribution in [-0.2, 0) is 16.0 Å². The first-order valence-corrected chi connectivity index (χ1v) is 5.59. The van der Waals surface area contributed by atoms with Gasteiger partial charge in [0.15, 0.2) is 11.8 Å². The topological polar surface area (TPSA) is 98.7 Å². The summed E-state index contributed by atoms with van der Waals surface area (Å²) in [5.41, 5.74) is 4.58. The van der Waals surface area contributed by atoms with Crippen molar-refractivity contribution < 1.29 is 19.9 Å². The molecule has 1 unspecified atom stereocenters. The van der Waals surface area contributed by atoms with Crippen LogP contribution in [0.3, 0.4) is 0 Å². The van der Waals surface area contributed by atoms with Gasteiger partial charge in [0.1, 0.15) is 0 Å². The van der Waals surface area contributed by atoms with Gasteiger partial charge in [-0.15, -0.1) is 5.59 Å². The van der Waals surface area contributed by atoms with E-state index in [9.17, 15) is 9.59 Å². The molecule has 0 fully saturated rings. The molecule has 6 nitrogen and oxygen atoms in total. The van der Waals surface area contributed by atoms with Crippen molar-refractivity contribution in [2.45, 2.75) is 25.3 Å². The predicted octanol–water partition coefficient (Wildman–Crippen LogP) is 0.515. The van der Waals surface area contributed by atoms with E-state index in [1.54, 1.807) is 0 Å². The van der Waals surface area contributed by atoms with Crippen molar-refractivity contribution in [1.82, 2.24) is 11.0 Å². The Kier molecular flexibility index (Phi) is 5.99. The molecule has 0 heterocycles. The van der Waals surface area contributed by atoms with Crippen LogP contribution in [0.1, 0.15) is 18.4 Å². The van der Waals surface area contributed by atoms with Crippen LogP contribution in [0.15, 0.2) is 30.3 Å². The molecule has 0 aromatic heterocycles. The molecule has 18 heavy (non-hydrogen) atoms. The fourth-order valence-corrected chi connectivity index (χ4v) is 1.60. The highest BCUT2D eigenvalue weighted by molar-refractivity contribution is 6.02. The van der Waals surface area contributed by atoms with Crippen LogP contribution in [0.5, 0.6) is 0 Å². The van der Waals surface area contributed by atoms with Gasteiger partial charge < -0.3 is 10.3 Å². The Morgan fingerprint density at radius 3 is 2.44 bits per heavy atom. The fourth-order valence-electron chi connectivity index (χ4n) is 1.60. The molecule has 0 saturated carbocycles. The lowest BCUT2D eigenvalue weighted by molar-refractivity contribution is -0.145. The number of carboxylic acid groups (broad SMARTS) is 1. The molecular formula is C12H16N2O4. The third-order valence-electron chi connectivity index (χ3n) is 2.51. The van der Waals surface area contributed by atoms with Crippen molar-refractivity contribution in [1.29, 1.82) is 0 Å². The predicted molar refractivity (Wildman–Crippen MR) is 63.9 cm³/mol. The number of aryl methyl sites for hydroxylation is 1. The Morgan fingerprint density at radius 1 is 1.22 bits per heavy atom. The maximum Gasteiger partial charge on any atom is 0.329 e. The summed E-state index contributed by atoms with van der Waals surface area (Å²) >= 11 is 0. The Morgan fingerprint density at radius 2 is 1.89 bits per heavy atom. The third kappa shape index (κ3) is 4.62. The van der Waals surface area contributed by atoms with Crippen LogP contribution in [0.2, 0.25) is 0 Å². The number of hydrogen-bond donors (Lipinski definition) is 4. The first-order valence-electron chi connectivity index (χ1n) is 5.59. The quantitative estimate of drug-likeness (QED) is 0.397. The summed E-state index contributed by atoms with van der Waals surface area (Å²) in [6.07, 6.45) is 1.42. The van der Waals surface area contributed by atoms with Gasteiger partial charge in [0, 0.05) is 6.42 Å². The molecule has 1 aromatic carbocycles. The Balaban J connectivity index is 2.38. The zero-order chi connectivity index (χ0) is 13.4. The minimum Gasteiger partial charge on any atom is -0.480 e. The number of carbonyl (C=O) groups is 2. The van der Waals surface area contributed by atoms with Gasteiger partial charge in [0.2, 0.25) is 0 Å². The molecule has 0 amide bonds. The average Bonchev–Trinajstić information content (AvgIpc) is 2.36. The number of rotatable bonds is 8. The van der Waals surface area contributed by atoms with Crippen LogP contribution in [0.25, 0.3) is 0 Å². The van der Waals surface area contributed by atoms with Crippen molar-refractivity contribution >= 4 is 11.8 Å². The molecule has 98 valence electrons. The number of hydrazine groups is 1. The lowest BCUT2D eigenvalue weighted by atomic mass is 10.0. The van der Waals surface area contributed by atoms with Crippen LogP contribution in [-0.4, -0.2) is 28.1 Å². The summed E-state index contributed by atoms with van der Waals surface area (Å²) in [5, 5.41) is 17.1. The van der Waals surface area contributed by atoms with Gasteiger partial charge in [-0.1, -0.05) is 30.3 Å². The molecule has 1 rings (SSSR count). The maximum absolute atomic E-state index is 11.6. The van der Waals surface area contributed by atoms with Gasteiger partial charge in [-0.05, 0) is 18.4 Å². The molecule has 1 atom stereocenters. The third-order valence-corrected chi connectivity index (χ3v) is 2.51. The lowest BCUT2D eigenvalue weighted by Gasteiger charge is -2.11. The van der Waals surface area contributed by atoms with Crippen molar-refractivity contribution in [3.63, 3.8) is 0 Å². The summed E-state index contributed by atoms with van der Waals surface area (Å²) in [6, 6.07) is 8.21. The van der Waals surface area contributed by atoms with E-state index in [-0.39, 0.29) is 6.42 Å². The number of ketones is 1. The first-order chi connectivity index (χ1) is 8.65. The second-order valence-electron chi connectivity index (χ2n) is 3.83. The molecule has 0 bridgehead atoms. The van der Waals surface area contributed by atoms with Crippen LogP contribution >= 0.6 is 0 Å². The van der Waals surface area contributed by atoms with Crippen molar-refractivity contribution in [3.8, 4) is 0 Å². The zero-order valence-corrected chi connectivity index (χ0v) is 9.80. The molecule has 0 aliphatic rings. The molecule has 0 aliphatic carbocycles. The van der Waals surface area contributed by atoms with Crippen LogP contribution < -0.4 is 11.0 Å². The number of nitrogens with one attached hydrogen (secondary N) is 2. The minimum atomic E-state index is -1.43. The van der Waals surface area contributed by atoms with Crippen LogP contribution in [0, 0.1) is 0 Å². The molecule has 0 spiro atoms. The van der Waals surface area contributed by atoms with Gasteiger partial charge in [-0.25, -0.2) is 10.2 Å². The first kappa shape index (κ1) is 14.3. The van der Waals surface area contributed by atoms with E-state index in [0.717, 1.165) is 5.56 Å². The molecule has 1 aromatic rings. The number of hydrogen-bond acceptors (Lipinski definition) is 5. The molecular weight excluding hydrogens is 236 g/mol. The second kappa shape index (κ2) is 7.54. The Labute approximate surface area is 105 Å². The van der Waals surface area contributed by atoms with E-state index in [1.165, 1.54) is 5.59 Å². The highest BCUT2D eigenvalue weighted by Crippen LogP contribution is 2.06. The molecule has 0 saturated heterocycles. The van der Waals surface area contributed by atoms with E-state index in [0.29, 0.717) is 12.8 Å². The summed E-state index contributed by atoms with van der Waals surface area (Å²) in [5.74, 6) is -1.79. The molecule has 4 N–H and O–H groups in total. The van der Waals surface area contributed by atoms with Gasteiger partial charge in [0.05, 0.1) is 0 Å². The minimum absolute atomic E-state index is 0.139. The van der Waals surface area contributed by atoms with Crippen molar-refractivity contribution in [3.05, 3.63) is 35.9 Å². The van der Waals surface area contributed by atoms with E-state index < -0.39 is 17.8 Å². The number of benzene rings is 1. The van der Waals surface area contributed by atoms with Gasteiger partial charge in [-0.3, -0.25) is 4.79 Å². The van der Waals surface area contributed by atoms with Crippen molar-refractivity contribution in [2.24, 2.45) is 0 Å². The fraction of sp³-hybridized carbons (Fsp3) is 0.333. The zero-order valence-electron chi connectivity index (χ0n) is 9.80. The summed E-state index contributed by atoms with van der Waals surface area (Å²) in [7, 11) is 0. The lowest BCUT2D eigenvalue weighted by Crippen LogP contribution is -2.49. The standard InChI is InChI=1S/C12H16N2O4/c15-10(11(12(16)17)13-14-18)8-4-7-9-5-2-1-3-6-9/h1-3,5-6,11,13-14,18H,4,7-8H2,(H,16,17). The van der Waals surface area contributed by atoms with E-state index in [4.69, 9.17) is 10.3 Å². The van der Waals surface area contributed by atoms with E-state index >= 15 is 0 Å². The smallest absolute Gasteiger partial charge is 0.329 e.